The Morgan fingerprint density at radius 3 is 2.90 bits per heavy atom. The summed E-state index contributed by atoms with van der Waals surface area (Å²) in [6.45, 7) is 2.94. The van der Waals surface area contributed by atoms with Crippen molar-refractivity contribution in [3.05, 3.63) is 55.7 Å². The molecule has 2 nitrogen and oxygen atoms in total. The van der Waals surface area contributed by atoms with Gasteiger partial charge in [-0.25, -0.2) is 0 Å². The number of para-hydroxylation sites is 1. The number of rotatable bonds is 2. The van der Waals surface area contributed by atoms with Gasteiger partial charge in [-0.05, 0) is 46.4 Å². The number of halogens is 2. The first-order valence-corrected chi connectivity index (χ1v) is 8.37. The van der Waals surface area contributed by atoms with Crippen LogP contribution >= 0.6 is 38.9 Å². The quantitative estimate of drug-likeness (QED) is 0.818. The standard InChI is InChI=1S/C15H14BrClN2S/c1-9-7-13(18)10-3-2-4-11(16)15(10)19(9)8-14-12(17)5-6-20-14/h2-7,9H,8,18H2,1H3. The third-order valence-electron chi connectivity index (χ3n) is 3.50. The predicted octanol–water partition coefficient (Wildman–Crippen LogP) is 4.87. The zero-order chi connectivity index (χ0) is 14.3. The summed E-state index contributed by atoms with van der Waals surface area (Å²) in [4.78, 5) is 3.50. The van der Waals surface area contributed by atoms with E-state index < -0.39 is 0 Å². The Kier molecular flexibility index (Phi) is 3.80. The second-order valence-electron chi connectivity index (χ2n) is 4.82. The molecular weight excluding hydrogens is 356 g/mol. The molecule has 1 atom stereocenters. The fraction of sp³-hybridized carbons (Fsp3) is 0.200. The molecule has 0 radical (unpaired) electrons. The van der Waals surface area contributed by atoms with Crippen LogP contribution in [0, 0.1) is 0 Å². The molecule has 2 N–H and O–H groups in total. The van der Waals surface area contributed by atoms with Crippen LogP contribution in [-0.2, 0) is 6.54 Å². The van der Waals surface area contributed by atoms with Crippen LogP contribution < -0.4 is 10.6 Å². The first-order valence-electron chi connectivity index (χ1n) is 6.32. The van der Waals surface area contributed by atoms with Crippen LogP contribution in [0.2, 0.25) is 5.02 Å². The van der Waals surface area contributed by atoms with Gasteiger partial charge in [0.25, 0.3) is 0 Å². The molecule has 1 aromatic carbocycles. The summed E-state index contributed by atoms with van der Waals surface area (Å²) in [5.41, 5.74) is 9.21. The topological polar surface area (TPSA) is 29.3 Å². The van der Waals surface area contributed by atoms with Crippen LogP contribution in [0.1, 0.15) is 17.4 Å². The fourth-order valence-electron chi connectivity index (χ4n) is 2.50. The lowest BCUT2D eigenvalue weighted by atomic mass is 10.0. The summed E-state index contributed by atoms with van der Waals surface area (Å²) in [7, 11) is 0. The Morgan fingerprint density at radius 2 is 2.20 bits per heavy atom. The number of thiophene rings is 1. The smallest absolute Gasteiger partial charge is 0.0613 e. The molecule has 0 fully saturated rings. The Hall–Kier alpha value is -0.970. The van der Waals surface area contributed by atoms with Crippen LogP contribution in [0.5, 0.6) is 0 Å². The molecule has 1 aliphatic heterocycles. The van der Waals surface area contributed by atoms with Gasteiger partial charge in [-0.3, -0.25) is 0 Å². The van der Waals surface area contributed by atoms with Gasteiger partial charge < -0.3 is 10.6 Å². The van der Waals surface area contributed by atoms with Gasteiger partial charge in [0.15, 0.2) is 0 Å². The number of fused-ring (bicyclic) bond motifs is 1. The minimum atomic E-state index is 0.236. The van der Waals surface area contributed by atoms with Crippen molar-refractivity contribution in [2.24, 2.45) is 5.73 Å². The highest BCUT2D eigenvalue weighted by Crippen LogP contribution is 2.39. The summed E-state index contributed by atoms with van der Waals surface area (Å²) in [6.07, 6.45) is 2.09. The number of benzene rings is 1. The Morgan fingerprint density at radius 1 is 1.40 bits per heavy atom. The summed E-state index contributed by atoms with van der Waals surface area (Å²) in [5.74, 6) is 0. The molecule has 0 amide bonds. The maximum atomic E-state index is 6.23. The van der Waals surface area contributed by atoms with E-state index in [1.807, 2.05) is 23.6 Å². The summed E-state index contributed by atoms with van der Waals surface area (Å²) in [5, 5.41) is 2.86. The molecule has 104 valence electrons. The van der Waals surface area contributed by atoms with E-state index in [9.17, 15) is 0 Å². The van der Waals surface area contributed by atoms with Crippen LogP contribution in [0.3, 0.4) is 0 Å². The number of anilines is 1. The molecule has 2 heterocycles. The zero-order valence-electron chi connectivity index (χ0n) is 10.9. The first-order chi connectivity index (χ1) is 9.58. The third-order valence-corrected chi connectivity index (χ3v) is 5.51. The van der Waals surface area contributed by atoms with E-state index >= 15 is 0 Å². The van der Waals surface area contributed by atoms with Crippen molar-refractivity contribution in [3.63, 3.8) is 0 Å². The summed E-state index contributed by atoms with van der Waals surface area (Å²) < 4.78 is 1.06. The summed E-state index contributed by atoms with van der Waals surface area (Å²) in [6, 6.07) is 8.30. The maximum absolute atomic E-state index is 6.23. The Bertz CT molecular complexity index is 680. The van der Waals surface area contributed by atoms with Gasteiger partial charge in [0.05, 0.1) is 17.3 Å². The van der Waals surface area contributed by atoms with Crippen LogP contribution in [0.25, 0.3) is 5.70 Å². The molecule has 1 unspecified atom stereocenters. The highest BCUT2D eigenvalue weighted by atomic mass is 79.9. The number of nitrogens with zero attached hydrogens (tertiary/aromatic N) is 1. The van der Waals surface area contributed by atoms with Crippen LogP contribution in [0.4, 0.5) is 5.69 Å². The second-order valence-corrected chi connectivity index (χ2v) is 7.08. The van der Waals surface area contributed by atoms with E-state index in [0.29, 0.717) is 0 Å². The SMILES string of the molecule is CC1C=C(N)c2cccc(Br)c2N1Cc1sccc1Cl. The number of hydrogen-bond acceptors (Lipinski definition) is 3. The predicted molar refractivity (Wildman–Crippen MR) is 91.3 cm³/mol. The van der Waals surface area contributed by atoms with Crippen molar-refractivity contribution < 1.29 is 0 Å². The van der Waals surface area contributed by atoms with Gasteiger partial charge >= 0.3 is 0 Å². The van der Waals surface area contributed by atoms with Gasteiger partial charge in [-0.15, -0.1) is 11.3 Å². The van der Waals surface area contributed by atoms with Gasteiger partial charge in [0.2, 0.25) is 0 Å². The Labute approximate surface area is 136 Å². The average molecular weight is 370 g/mol. The molecule has 5 heteroatoms. The molecule has 0 saturated carbocycles. The van der Waals surface area contributed by atoms with Crippen LogP contribution in [0.15, 0.2) is 40.2 Å². The van der Waals surface area contributed by atoms with E-state index in [0.717, 1.165) is 33.0 Å². The van der Waals surface area contributed by atoms with Crippen molar-refractivity contribution in [1.82, 2.24) is 0 Å². The zero-order valence-corrected chi connectivity index (χ0v) is 14.1. The molecule has 0 spiro atoms. The van der Waals surface area contributed by atoms with E-state index in [-0.39, 0.29) is 6.04 Å². The highest BCUT2D eigenvalue weighted by Gasteiger charge is 2.25. The van der Waals surface area contributed by atoms with E-state index in [1.165, 1.54) is 4.88 Å². The molecule has 3 rings (SSSR count). The molecule has 0 saturated heterocycles. The largest absolute Gasteiger partial charge is 0.398 e. The molecule has 2 aromatic rings. The molecule has 0 bridgehead atoms. The molecular formula is C15H14BrClN2S. The van der Waals surface area contributed by atoms with E-state index in [4.69, 9.17) is 17.3 Å². The van der Waals surface area contributed by atoms with Gasteiger partial charge in [-0.2, -0.15) is 0 Å². The normalized spacial score (nSPS) is 17.9. The highest BCUT2D eigenvalue weighted by molar-refractivity contribution is 9.10. The van der Waals surface area contributed by atoms with Crippen molar-refractivity contribution in [2.75, 3.05) is 4.90 Å². The number of nitrogens with two attached hydrogens (primary N) is 1. The number of hydrogen-bond donors (Lipinski definition) is 1. The van der Waals surface area contributed by atoms with Gasteiger partial charge in [0.1, 0.15) is 0 Å². The molecule has 1 aromatic heterocycles. The van der Waals surface area contributed by atoms with Gasteiger partial charge in [-0.1, -0.05) is 23.7 Å². The minimum Gasteiger partial charge on any atom is -0.398 e. The van der Waals surface area contributed by atoms with E-state index in [1.54, 1.807) is 11.3 Å². The lowest BCUT2D eigenvalue weighted by Crippen LogP contribution is -2.35. The van der Waals surface area contributed by atoms with Crippen molar-refractivity contribution in [1.29, 1.82) is 0 Å². The third kappa shape index (κ3) is 2.36. The lowest BCUT2D eigenvalue weighted by molar-refractivity contribution is 0.729. The maximum Gasteiger partial charge on any atom is 0.0613 e. The van der Waals surface area contributed by atoms with E-state index in [2.05, 4.69) is 39.9 Å². The Balaban J connectivity index is 2.06. The molecule has 1 aliphatic rings. The monoisotopic (exact) mass is 368 g/mol. The average Bonchev–Trinajstić information content (AvgIpc) is 2.80. The lowest BCUT2D eigenvalue weighted by Gasteiger charge is -2.35. The molecule has 20 heavy (non-hydrogen) atoms. The van der Waals surface area contributed by atoms with Crippen molar-refractivity contribution in [3.8, 4) is 0 Å². The fourth-order valence-corrected chi connectivity index (χ4v) is 4.19. The second kappa shape index (κ2) is 5.43. The summed E-state index contributed by atoms with van der Waals surface area (Å²) >= 11 is 11.6. The van der Waals surface area contributed by atoms with Crippen LogP contribution in [-0.4, -0.2) is 6.04 Å². The van der Waals surface area contributed by atoms with Crippen molar-refractivity contribution >= 4 is 50.3 Å². The first kappa shape index (κ1) is 14.0. The minimum absolute atomic E-state index is 0.236. The molecule has 0 aliphatic carbocycles. The van der Waals surface area contributed by atoms with Gasteiger partial charge in [0, 0.05) is 26.7 Å². The van der Waals surface area contributed by atoms with Crippen molar-refractivity contribution in [2.45, 2.75) is 19.5 Å².